The van der Waals surface area contributed by atoms with Crippen molar-refractivity contribution in [2.45, 2.75) is 19.1 Å². The number of hydrazone groups is 1. The fraction of sp³-hybridized carbons (Fsp3) is 0.182. The summed E-state index contributed by atoms with van der Waals surface area (Å²) in [7, 11) is 0. The van der Waals surface area contributed by atoms with Crippen molar-refractivity contribution in [1.82, 2.24) is 5.01 Å². The number of aliphatic hydroxyl groups is 1. The van der Waals surface area contributed by atoms with Crippen molar-refractivity contribution in [2.75, 3.05) is 6.61 Å². The number of carbonyl (C=O) groups excluding carboxylic acids is 1. The largest absolute Gasteiger partial charge is 0.592 e. The topological polar surface area (TPSA) is 123 Å². The van der Waals surface area contributed by atoms with Crippen LogP contribution in [-0.2, 0) is 10.5 Å². The van der Waals surface area contributed by atoms with Crippen LogP contribution in [0.15, 0.2) is 70.2 Å². The number of ether oxygens (including phenoxy) is 1. The Labute approximate surface area is 188 Å². The highest BCUT2D eigenvalue weighted by molar-refractivity contribution is 6.30. The van der Waals surface area contributed by atoms with Gasteiger partial charge in [0.15, 0.2) is 18.1 Å². The van der Waals surface area contributed by atoms with Crippen LogP contribution in [0.2, 0.25) is 5.02 Å². The van der Waals surface area contributed by atoms with Gasteiger partial charge in [-0.1, -0.05) is 41.4 Å². The molecule has 4 rings (SSSR count). The van der Waals surface area contributed by atoms with Crippen molar-refractivity contribution in [2.24, 2.45) is 5.10 Å². The third-order valence-electron chi connectivity index (χ3n) is 5.01. The monoisotopic (exact) mass is 457 g/mol. The zero-order valence-corrected chi connectivity index (χ0v) is 17.7. The van der Waals surface area contributed by atoms with Gasteiger partial charge >= 0.3 is 5.88 Å². The molecule has 0 fully saturated rings. The smallest absolute Gasteiger partial charge is 0.328 e. The van der Waals surface area contributed by atoms with Gasteiger partial charge < -0.3 is 19.5 Å². The molecule has 2 unspecified atom stereocenters. The van der Waals surface area contributed by atoms with Crippen LogP contribution in [0.25, 0.3) is 0 Å². The maximum absolute atomic E-state index is 13.0. The van der Waals surface area contributed by atoms with E-state index in [0.717, 1.165) is 10.6 Å². The van der Waals surface area contributed by atoms with Crippen molar-refractivity contribution >= 4 is 29.1 Å². The summed E-state index contributed by atoms with van der Waals surface area (Å²) >= 11 is 5.86. The summed E-state index contributed by atoms with van der Waals surface area (Å²) in [5.74, 6) is -0.274. The molecule has 9 nitrogen and oxygen atoms in total. The number of hydrogen-bond acceptors (Lipinski definition) is 7. The number of nitrogens with one attached hydrogen (secondary N) is 1. The van der Waals surface area contributed by atoms with Gasteiger partial charge in [-0.3, -0.25) is 4.79 Å². The summed E-state index contributed by atoms with van der Waals surface area (Å²) in [6.07, 6.45) is -0.0880. The number of halogens is 1. The zero-order chi connectivity index (χ0) is 22.9. The van der Waals surface area contributed by atoms with Gasteiger partial charge in [0.1, 0.15) is 11.5 Å². The standard InChI is InChI=1S/C22H20ClN3O6/c1-14-2-4-15(5-3-14)22(28)12-18(19-10-11-21(32-19)26(29)30)24-25(22)20(27)13-31-17-8-6-16(23)7-9-17/h2-11,26,28-29H,12-13H2,1H3. The second kappa shape index (κ2) is 8.73. The molecule has 1 aliphatic heterocycles. The minimum Gasteiger partial charge on any atom is -0.592 e. The second-order valence-electron chi connectivity index (χ2n) is 7.32. The van der Waals surface area contributed by atoms with E-state index in [9.17, 15) is 15.1 Å². The van der Waals surface area contributed by atoms with E-state index in [0.29, 0.717) is 16.3 Å². The lowest BCUT2D eigenvalue weighted by atomic mass is 9.95. The number of furan rings is 1. The highest BCUT2D eigenvalue weighted by Gasteiger charge is 2.47. The van der Waals surface area contributed by atoms with E-state index in [2.05, 4.69) is 5.10 Å². The number of aryl methyl sites for hydroxylation is 1. The molecule has 32 heavy (non-hydrogen) atoms. The van der Waals surface area contributed by atoms with Gasteiger partial charge in [-0.05, 0) is 37.3 Å². The third-order valence-corrected chi connectivity index (χ3v) is 5.26. The molecule has 3 N–H and O–H groups in total. The van der Waals surface area contributed by atoms with Gasteiger partial charge in [0.05, 0.1) is 0 Å². The quantitative estimate of drug-likeness (QED) is 0.489. The average Bonchev–Trinajstić information content (AvgIpc) is 3.39. The molecule has 1 aliphatic rings. The van der Waals surface area contributed by atoms with Crippen molar-refractivity contribution in [3.63, 3.8) is 0 Å². The second-order valence-corrected chi connectivity index (χ2v) is 7.76. The average molecular weight is 458 g/mol. The van der Waals surface area contributed by atoms with Crippen LogP contribution in [0.5, 0.6) is 5.75 Å². The lowest BCUT2D eigenvalue weighted by molar-refractivity contribution is -0.997. The first kappa shape index (κ1) is 22.0. The molecular weight excluding hydrogens is 438 g/mol. The first-order chi connectivity index (χ1) is 15.3. The Bertz CT molecular complexity index is 1140. The SMILES string of the molecule is Cc1ccc(C2(O)CC(c3ccc([NH+]([O-])O)o3)=NN2C(=O)COc2ccc(Cl)cc2)cc1. The molecule has 1 aromatic heterocycles. The van der Waals surface area contributed by atoms with Crippen LogP contribution < -0.4 is 9.96 Å². The Hall–Kier alpha value is -3.21. The van der Waals surface area contributed by atoms with Crippen molar-refractivity contribution in [3.8, 4) is 5.75 Å². The number of benzene rings is 2. The van der Waals surface area contributed by atoms with Gasteiger partial charge in [0.2, 0.25) is 0 Å². The van der Waals surface area contributed by atoms with E-state index in [-0.39, 0.29) is 30.4 Å². The summed E-state index contributed by atoms with van der Waals surface area (Å²) in [6.45, 7) is 1.52. The van der Waals surface area contributed by atoms with Crippen molar-refractivity contribution in [3.05, 3.63) is 87.8 Å². The highest BCUT2D eigenvalue weighted by Crippen LogP contribution is 2.37. The van der Waals surface area contributed by atoms with Crippen LogP contribution in [0.4, 0.5) is 5.88 Å². The molecule has 0 saturated heterocycles. The van der Waals surface area contributed by atoms with Crippen LogP contribution in [0.1, 0.15) is 23.3 Å². The molecule has 2 atom stereocenters. The Morgan fingerprint density at radius 1 is 1.22 bits per heavy atom. The number of quaternary nitrogens is 1. The van der Waals surface area contributed by atoms with Crippen LogP contribution >= 0.6 is 11.6 Å². The van der Waals surface area contributed by atoms with Crippen LogP contribution in [0.3, 0.4) is 0 Å². The number of hydrogen-bond donors (Lipinski definition) is 3. The van der Waals surface area contributed by atoms with Gasteiger partial charge in [-0.25, -0.2) is 5.21 Å². The molecule has 2 heterocycles. The van der Waals surface area contributed by atoms with E-state index in [4.69, 9.17) is 26.0 Å². The van der Waals surface area contributed by atoms with E-state index in [1.54, 1.807) is 36.4 Å². The molecule has 2 aromatic carbocycles. The van der Waals surface area contributed by atoms with E-state index >= 15 is 0 Å². The molecule has 3 aromatic rings. The summed E-state index contributed by atoms with van der Waals surface area (Å²) in [4.78, 5) is 13.0. The molecule has 0 saturated carbocycles. The zero-order valence-electron chi connectivity index (χ0n) is 17.0. The van der Waals surface area contributed by atoms with Crippen molar-refractivity contribution < 1.29 is 29.5 Å². The first-order valence-corrected chi connectivity index (χ1v) is 10.1. The maximum atomic E-state index is 13.0. The molecule has 1 amide bonds. The normalized spacial score (nSPS) is 19.0. The Morgan fingerprint density at radius 2 is 1.91 bits per heavy atom. The fourth-order valence-corrected chi connectivity index (χ4v) is 3.46. The minimum atomic E-state index is -1.79. The Balaban J connectivity index is 1.63. The first-order valence-electron chi connectivity index (χ1n) is 9.68. The highest BCUT2D eigenvalue weighted by atomic mass is 35.5. The van der Waals surface area contributed by atoms with E-state index < -0.39 is 16.9 Å². The molecule has 0 aliphatic carbocycles. The van der Waals surface area contributed by atoms with Gasteiger partial charge in [-0.15, -0.1) is 0 Å². The van der Waals surface area contributed by atoms with E-state index in [1.165, 1.54) is 12.1 Å². The predicted octanol–water partition coefficient (Wildman–Crippen LogP) is 2.51. The Kier molecular flexibility index (Phi) is 6.00. The van der Waals surface area contributed by atoms with E-state index in [1.807, 2.05) is 19.1 Å². The summed E-state index contributed by atoms with van der Waals surface area (Å²) in [5.41, 5.74) is -0.121. The summed E-state index contributed by atoms with van der Waals surface area (Å²) in [6, 6.07) is 16.3. The number of rotatable bonds is 6. The number of carbonyl (C=O) groups is 1. The minimum absolute atomic E-state index is 0.0880. The fourth-order valence-electron chi connectivity index (χ4n) is 3.34. The predicted molar refractivity (Wildman–Crippen MR) is 115 cm³/mol. The van der Waals surface area contributed by atoms with Gasteiger partial charge in [0.25, 0.3) is 5.91 Å². The molecule has 10 heteroatoms. The van der Waals surface area contributed by atoms with Crippen LogP contribution in [0, 0.1) is 12.1 Å². The molecule has 166 valence electrons. The molecule has 0 radical (unpaired) electrons. The van der Waals surface area contributed by atoms with Gasteiger partial charge in [-0.2, -0.15) is 15.3 Å². The Morgan fingerprint density at radius 3 is 2.53 bits per heavy atom. The number of amides is 1. The third kappa shape index (κ3) is 4.38. The van der Waals surface area contributed by atoms with Gasteiger partial charge in [0, 0.05) is 23.1 Å². The summed E-state index contributed by atoms with van der Waals surface area (Å²) in [5, 5.41) is 36.3. The lowest BCUT2D eigenvalue weighted by Crippen LogP contribution is -2.99. The molecular formula is C22H20ClN3O6. The molecule has 0 bridgehead atoms. The van der Waals surface area contributed by atoms with Crippen molar-refractivity contribution in [1.29, 1.82) is 0 Å². The summed E-state index contributed by atoms with van der Waals surface area (Å²) < 4.78 is 10.9. The van der Waals surface area contributed by atoms with Crippen LogP contribution in [-0.4, -0.2) is 33.5 Å². The molecule has 0 spiro atoms. The lowest BCUT2D eigenvalue weighted by Gasteiger charge is -2.31. The maximum Gasteiger partial charge on any atom is 0.328 e. The number of nitrogens with zero attached hydrogens (tertiary/aromatic N) is 2.